The Morgan fingerprint density at radius 2 is 1.92 bits per heavy atom. The number of carbonyl (C=O) groups is 4. The van der Waals surface area contributed by atoms with E-state index in [1.807, 2.05) is 12.1 Å². The zero-order valence-corrected chi connectivity index (χ0v) is 22.0. The Bertz CT molecular complexity index is 951. The number of hydrogen-bond acceptors (Lipinski definition) is 6. The highest BCUT2D eigenvalue weighted by molar-refractivity contribution is 5.92. The molecule has 0 heterocycles. The molecular weight excluding hydrogens is 462 g/mol. The third-order valence-corrected chi connectivity index (χ3v) is 5.75. The molecular formula is C27H39N3O6. The summed E-state index contributed by atoms with van der Waals surface area (Å²) in [6.07, 6.45) is 3.42. The van der Waals surface area contributed by atoms with Crippen molar-refractivity contribution in [2.45, 2.75) is 84.0 Å². The van der Waals surface area contributed by atoms with Crippen molar-refractivity contribution in [3.63, 3.8) is 0 Å². The molecule has 1 saturated carbocycles. The lowest BCUT2D eigenvalue weighted by atomic mass is 9.88. The summed E-state index contributed by atoms with van der Waals surface area (Å²) in [5, 5.41) is 5.38. The Balaban J connectivity index is 2.34. The van der Waals surface area contributed by atoms with Crippen LogP contribution >= 0.6 is 0 Å². The third kappa shape index (κ3) is 8.39. The van der Waals surface area contributed by atoms with Crippen LogP contribution in [-0.2, 0) is 23.9 Å². The lowest BCUT2D eigenvalue weighted by Gasteiger charge is -2.43. The van der Waals surface area contributed by atoms with E-state index >= 15 is 0 Å². The van der Waals surface area contributed by atoms with Crippen LogP contribution in [0.5, 0.6) is 0 Å². The van der Waals surface area contributed by atoms with Gasteiger partial charge in [-0.05, 0) is 71.1 Å². The summed E-state index contributed by atoms with van der Waals surface area (Å²) >= 11 is 0. The number of alkyl carbamates (subject to hydrolysis) is 1. The second-order valence-electron chi connectivity index (χ2n) is 9.82. The molecule has 3 amide bonds. The van der Waals surface area contributed by atoms with Crippen LogP contribution in [0.1, 0.15) is 77.5 Å². The lowest BCUT2D eigenvalue weighted by molar-refractivity contribution is -0.147. The highest BCUT2D eigenvalue weighted by Gasteiger charge is 2.41. The highest BCUT2D eigenvalue weighted by Crippen LogP contribution is 2.34. The first-order chi connectivity index (χ1) is 17.0. The van der Waals surface area contributed by atoms with E-state index in [1.54, 1.807) is 57.7 Å². The fourth-order valence-corrected chi connectivity index (χ4v) is 3.86. The number of rotatable bonds is 11. The van der Waals surface area contributed by atoms with E-state index in [-0.39, 0.29) is 31.5 Å². The molecule has 198 valence electrons. The number of esters is 1. The van der Waals surface area contributed by atoms with Gasteiger partial charge in [-0.1, -0.05) is 30.9 Å². The largest absolute Gasteiger partial charge is 0.466 e. The monoisotopic (exact) mass is 501 g/mol. The zero-order valence-electron chi connectivity index (χ0n) is 22.0. The van der Waals surface area contributed by atoms with Gasteiger partial charge in [0.25, 0.3) is 0 Å². The van der Waals surface area contributed by atoms with Crippen LogP contribution in [0.3, 0.4) is 0 Å². The van der Waals surface area contributed by atoms with Gasteiger partial charge in [0, 0.05) is 12.6 Å². The molecule has 0 bridgehead atoms. The van der Waals surface area contributed by atoms with Crippen molar-refractivity contribution in [3.05, 3.63) is 42.0 Å². The van der Waals surface area contributed by atoms with Crippen molar-refractivity contribution in [1.29, 1.82) is 0 Å². The quantitative estimate of drug-likeness (QED) is 0.447. The van der Waals surface area contributed by atoms with Crippen LogP contribution in [-0.4, -0.2) is 59.6 Å². The molecule has 0 aliphatic heterocycles. The fraction of sp³-hybridized carbons (Fsp3) is 0.556. The molecule has 36 heavy (non-hydrogen) atoms. The normalized spacial score (nSPS) is 15.0. The summed E-state index contributed by atoms with van der Waals surface area (Å²) in [5.41, 5.74) is 0.705. The van der Waals surface area contributed by atoms with Crippen LogP contribution in [0.15, 0.2) is 30.8 Å². The molecule has 0 aromatic heterocycles. The molecule has 2 atom stereocenters. The van der Waals surface area contributed by atoms with Gasteiger partial charge < -0.3 is 25.0 Å². The highest BCUT2D eigenvalue weighted by atomic mass is 16.6. The molecule has 1 aromatic rings. The van der Waals surface area contributed by atoms with Crippen molar-refractivity contribution in [2.24, 2.45) is 0 Å². The Kier molecular flexibility index (Phi) is 10.5. The van der Waals surface area contributed by atoms with E-state index in [1.165, 1.54) is 0 Å². The number of hydrogen-bond donors (Lipinski definition) is 2. The minimum absolute atomic E-state index is 0.0208. The first-order valence-electron chi connectivity index (χ1n) is 12.4. The van der Waals surface area contributed by atoms with Crippen LogP contribution < -0.4 is 10.6 Å². The number of nitrogens with one attached hydrogen (secondary N) is 2. The number of carbonyl (C=O) groups excluding carboxylic acids is 4. The standard InChI is InChI=1S/C27H39N3O6/c1-7-19-11-9-12-20(17-19)23(24(32)28-16-15-22(31)35-8-2)30(21-13-10-14-21)25(33)18(3)29-26(34)36-27(4,5)6/h7,9,11-12,17-18,21,23H,1,8,10,13-16H2,2-6H3,(H,28,32)(H,29,34). The maximum Gasteiger partial charge on any atom is 0.408 e. The van der Waals surface area contributed by atoms with Crippen LogP contribution in [0, 0.1) is 0 Å². The van der Waals surface area contributed by atoms with Gasteiger partial charge in [0.1, 0.15) is 17.7 Å². The summed E-state index contributed by atoms with van der Waals surface area (Å²) < 4.78 is 10.2. The van der Waals surface area contributed by atoms with Gasteiger partial charge in [-0.15, -0.1) is 0 Å². The number of amides is 3. The van der Waals surface area contributed by atoms with Crippen molar-refractivity contribution >= 4 is 30.0 Å². The average Bonchev–Trinajstić information content (AvgIpc) is 2.75. The van der Waals surface area contributed by atoms with Crippen LogP contribution in [0.4, 0.5) is 4.79 Å². The van der Waals surface area contributed by atoms with E-state index in [2.05, 4.69) is 17.2 Å². The van der Waals surface area contributed by atoms with Gasteiger partial charge in [0.2, 0.25) is 11.8 Å². The van der Waals surface area contributed by atoms with Gasteiger partial charge in [-0.2, -0.15) is 0 Å². The maximum absolute atomic E-state index is 13.7. The summed E-state index contributed by atoms with van der Waals surface area (Å²) in [7, 11) is 0. The smallest absolute Gasteiger partial charge is 0.408 e. The average molecular weight is 502 g/mol. The van der Waals surface area contributed by atoms with E-state index in [4.69, 9.17) is 9.47 Å². The summed E-state index contributed by atoms with van der Waals surface area (Å²) in [6, 6.07) is 5.23. The molecule has 9 nitrogen and oxygen atoms in total. The molecule has 2 unspecified atom stereocenters. The second kappa shape index (κ2) is 13.1. The molecule has 1 fully saturated rings. The molecule has 1 aliphatic rings. The molecule has 2 N–H and O–H groups in total. The van der Waals surface area contributed by atoms with Gasteiger partial charge in [-0.25, -0.2) is 4.79 Å². The van der Waals surface area contributed by atoms with Crippen LogP contribution in [0.2, 0.25) is 0 Å². The Labute approximate surface area is 213 Å². The second-order valence-corrected chi connectivity index (χ2v) is 9.82. The first-order valence-corrected chi connectivity index (χ1v) is 12.4. The summed E-state index contributed by atoms with van der Waals surface area (Å²) in [4.78, 5) is 52.8. The maximum atomic E-state index is 13.7. The van der Waals surface area contributed by atoms with Gasteiger partial charge in [0.05, 0.1) is 13.0 Å². The van der Waals surface area contributed by atoms with E-state index in [9.17, 15) is 19.2 Å². The number of nitrogens with zero attached hydrogens (tertiary/aromatic N) is 1. The topological polar surface area (TPSA) is 114 Å². The predicted molar refractivity (Wildman–Crippen MR) is 137 cm³/mol. The Hall–Kier alpha value is -3.36. The third-order valence-electron chi connectivity index (χ3n) is 5.75. The van der Waals surface area contributed by atoms with Crippen molar-refractivity contribution in [1.82, 2.24) is 15.5 Å². The fourth-order valence-electron chi connectivity index (χ4n) is 3.86. The molecule has 2 rings (SSSR count). The molecule has 1 aromatic carbocycles. The zero-order chi connectivity index (χ0) is 26.9. The van der Waals surface area contributed by atoms with Gasteiger partial charge >= 0.3 is 12.1 Å². The van der Waals surface area contributed by atoms with E-state index in [0.717, 1.165) is 24.8 Å². The summed E-state index contributed by atoms with van der Waals surface area (Å²) in [6.45, 7) is 12.6. The molecule has 0 spiro atoms. The Morgan fingerprint density at radius 1 is 1.22 bits per heavy atom. The minimum Gasteiger partial charge on any atom is -0.466 e. The first kappa shape index (κ1) is 28.9. The van der Waals surface area contributed by atoms with Crippen LogP contribution in [0.25, 0.3) is 6.08 Å². The summed E-state index contributed by atoms with van der Waals surface area (Å²) in [5.74, 6) is -1.21. The lowest BCUT2D eigenvalue weighted by Crippen LogP contribution is -2.56. The number of benzene rings is 1. The number of ether oxygens (including phenoxy) is 2. The van der Waals surface area contributed by atoms with Crippen molar-refractivity contribution in [2.75, 3.05) is 13.2 Å². The Morgan fingerprint density at radius 3 is 2.47 bits per heavy atom. The molecule has 9 heteroatoms. The van der Waals surface area contributed by atoms with Gasteiger partial charge in [0.15, 0.2) is 0 Å². The van der Waals surface area contributed by atoms with Crippen molar-refractivity contribution < 1.29 is 28.7 Å². The minimum atomic E-state index is -0.951. The van der Waals surface area contributed by atoms with Gasteiger partial charge in [-0.3, -0.25) is 14.4 Å². The SMILES string of the molecule is C=Cc1cccc(C(C(=O)NCCC(=O)OCC)N(C(=O)C(C)NC(=O)OC(C)(C)C)C2CCC2)c1. The molecule has 0 radical (unpaired) electrons. The van der Waals surface area contributed by atoms with E-state index in [0.29, 0.717) is 5.56 Å². The molecule has 0 saturated heterocycles. The molecule has 1 aliphatic carbocycles. The van der Waals surface area contributed by atoms with E-state index < -0.39 is 35.7 Å². The predicted octanol–water partition coefficient (Wildman–Crippen LogP) is 3.73. The van der Waals surface area contributed by atoms with Crippen molar-refractivity contribution in [3.8, 4) is 0 Å².